The molecule has 0 aliphatic rings. The molecule has 3 heteroatoms. The molecule has 21 heavy (non-hydrogen) atoms. The van der Waals surface area contributed by atoms with Crippen molar-refractivity contribution in [3.8, 4) is 5.75 Å². The number of ether oxygens (including phenoxy) is 1. The zero-order valence-electron chi connectivity index (χ0n) is 13.0. The van der Waals surface area contributed by atoms with E-state index in [9.17, 15) is 0 Å². The highest BCUT2D eigenvalue weighted by molar-refractivity contribution is 6.11. The summed E-state index contributed by atoms with van der Waals surface area (Å²) < 4.78 is 7.98. The fraction of sp³-hybridized carbons (Fsp3) is 0.333. The van der Waals surface area contributed by atoms with Crippen LogP contribution >= 0.6 is 0 Å². The Morgan fingerprint density at radius 3 is 2.52 bits per heavy atom. The molecule has 3 aromatic rings. The van der Waals surface area contributed by atoms with Crippen molar-refractivity contribution in [2.45, 2.75) is 13.0 Å². The monoisotopic (exact) mass is 282 g/mol. The van der Waals surface area contributed by atoms with Crippen molar-refractivity contribution >= 4 is 21.8 Å². The molecule has 0 radical (unpaired) electrons. The Labute approximate surface area is 125 Å². The third-order valence-corrected chi connectivity index (χ3v) is 3.97. The average molecular weight is 282 g/mol. The highest BCUT2D eigenvalue weighted by Gasteiger charge is 2.13. The van der Waals surface area contributed by atoms with Gasteiger partial charge in [0.2, 0.25) is 0 Å². The van der Waals surface area contributed by atoms with Gasteiger partial charge >= 0.3 is 0 Å². The number of methoxy groups -OCH3 is 1. The number of hydrogen-bond acceptors (Lipinski definition) is 2. The van der Waals surface area contributed by atoms with Gasteiger partial charge in [0.1, 0.15) is 5.75 Å². The van der Waals surface area contributed by atoms with Gasteiger partial charge in [-0.1, -0.05) is 24.3 Å². The van der Waals surface area contributed by atoms with Crippen LogP contribution in [0.4, 0.5) is 0 Å². The molecule has 1 heterocycles. The first kappa shape index (κ1) is 14.0. The first-order chi connectivity index (χ1) is 10.2. The predicted molar refractivity (Wildman–Crippen MR) is 89.2 cm³/mol. The maximum Gasteiger partial charge on any atom is 0.128 e. The van der Waals surface area contributed by atoms with Crippen LogP contribution in [-0.2, 0) is 6.54 Å². The Hall–Kier alpha value is -2.00. The summed E-state index contributed by atoms with van der Waals surface area (Å²) >= 11 is 0. The molecule has 0 unspecified atom stereocenters. The van der Waals surface area contributed by atoms with Crippen LogP contribution < -0.4 is 4.74 Å². The zero-order chi connectivity index (χ0) is 14.8. The summed E-state index contributed by atoms with van der Waals surface area (Å²) in [7, 11) is 5.98. The smallest absolute Gasteiger partial charge is 0.128 e. The van der Waals surface area contributed by atoms with E-state index < -0.39 is 0 Å². The minimum atomic E-state index is 0.954. The second kappa shape index (κ2) is 5.78. The summed E-state index contributed by atoms with van der Waals surface area (Å²) in [4.78, 5) is 2.23. The van der Waals surface area contributed by atoms with E-state index in [0.29, 0.717) is 0 Å². The molecule has 0 bridgehead atoms. The fourth-order valence-corrected chi connectivity index (χ4v) is 3.02. The van der Waals surface area contributed by atoms with Crippen molar-refractivity contribution in [1.29, 1.82) is 0 Å². The molecule has 0 fully saturated rings. The van der Waals surface area contributed by atoms with Crippen LogP contribution in [0.25, 0.3) is 21.8 Å². The van der Waals surface area contributed by atoms with Crippen LogP contribution in [0, 0.1) is 0 Å². The summed E-state index contributed by atoms with van der Waals surface area (Å²) in [6.45, 7) is 2.12. The molecule has 110 valence electrons. The normalized spacial score (nSPS) is 11.6. The van der Waals surface area contributed by atoms with Gasteiger partial charge in [0.15, 0.2) is 0 Å². The number of aromatic nitrogens is 1. The molecule has 0 saturated heterocycles. The Kier molecular flexibility index (Phi) is 3.84. The minimum Gasteiger partial charge on any atom is -0.496 e. The number of hydrogen-bond donors (Lipinski definition) is 0. The van der Waals surface area contributed by atoms with Gasteiger partial charge in [-0.2, -0.15) is 0 Å². The molecule has 0 spiro atoms. The SMILES string of the molecule is COc1cccc2c1c1ccccc1n2CCCN(C)C. The molecule has 0 aliphatic heterocycles. The van der Waals surface area contributed by atoms with Crippen molar-refractivity contribution < 1.29 is 4.74 Å². The molecule has 0 N–H and O–H groups in total. The molecule has 2 aromatic carbocycles. The number of benzene rings is 2. The van der Waals surface area contributed by atoms with Crippen molar-refractivity contribution in [2.75, 3.05) is 27.7 Å². The van der Waals surface area contributed by atoms with Gasteiger partial charge in [-0.25, -0.2) is 0 Å². The van der Waals surface area contributed by atoms with Crippen LogP contribution in [0.3, 0.4) is 0 Å². The summed E-state index contributed by atoms with van der Waals surface area (Å²) in [5.41, 5.74) is 2.55. The minimum absolute atomic E-state index is 0.954. The van der Waals surface area contributed by atoms with Crippen LogP contribution in [0.5, 0.6) is 5.75 Å². The number of fused-ring (bicyclic) bond motifs is 3. The number of aryl methyl sites for hydroxylation is 1. The Morgan fingerprint density at radius 1 is 1.00 bits per heavy atom. The average Bonchev–Trinajstić information content (AvgIpc) is 2.82. The molecule has 0 amide bonds. The van der Waals surface area contributed by atoms with Crippen LogP contribution in [0.1, 0.15) is 6.42 Å². The standard InChI is InChI=1S/C18H22N2O/c1-19(2)12-7-13-20-15-9-5-4-8-14(15)18-16(20)10-6-11-17(18)21-3/h4-6,8-11H,7,12-13H2,1-3H3. The van der Waals surface area contributed by atoms with Crippen LogP contribution in [-0.4, -0.2) is 37.2 Å². The van der Waals surface area contributed by atoms with E-state index in [1.807, 2.05) is 6.07 Å². The largest absolute Gasteiger partial charge is 0.496 e. The summed E-state index contributed by atoms with van der Waals surface area (Å²) in [5, 5.41) is 2.50. The lowest BCUT2D eigenvalue weighted by Gasteiger charge is -2.11. The van der Waals surface area contributed by atoms with Gasteiger partial charge in [-0.3, -0.25) is 0 Å². The predicted octanol–water partition coefficient (Wildman–Crippen LogP) is 3.75. The maximum atomic E-state index is 5.57. The first-order valence-corrected chi connectivity index (χ1v) is 7.41. The lowest BCUT2D eigenvalue weighted by molar-refractivity contribution is 0.389. The Bertz CT molecular complexity index is 758. The molecule has 1 aromatic heterocycles. The van der Waals surface area contributed by atoms with E-state index in [4.69, 9.17) is 4.74 Å². The van der Waals surface area contributed by atoms with Crippen molar-refractivity contribution in [2.24, 2.45) is 0 Å². The summed E-state index contributed by atoms with van der Waals surface area (Å²) in [6.07, 6.45) is 1.14. The van der Waals surface area contributed by atoms with Gasteiger partial charge < -0.3 is 14.2 Å². The lowest BCUT2D eigenvalue weighted by atomic mass is 10.1. The number of rotatable bonds is 5. The zero-order valence-corrected chi connectivity index (χ0v) is 13.0. The summed E-state index contributed by atoms with van der Waals surface area (Å²) in [5.74, 6) is 0.954. The van der Waals surface area contributed by atoms with Crippen LogP contribution in [0.15, 0.2) is 42.5 Å². The van der Waals surface area contributed by atoms with Gasteiger partial charge in [0, 0.05) is 22.8 Å². The number of para-hydroxylation sites is 1. The molecular weight excluding hydrogens is 260 g/mol. The van der Waals surface area contributed by atoms with Gasteiger partial charge in [0.25, 0.3) is 0 Å². The fourth-order valence-electron chi connectivity index (χ4n) is 3.02. The topological polar surface area (TPSA) is 17.4 Å². The number of nitrogens with zero attached hydrogens (tertiary/aromatic N) is 2. The van der Waals surface area contributed by atoms with Gasteiger partial charge in [-0.05, 0) is 45.3 Å². The second-order valence-electron chi connectivity index (χ2n) is 5.68. The van der Waals surface area contributed by atoms with Gasteiger partial charge in [-0.15, -0.1) is 0 Å². The van der Waals surface area contributed by atoms with Gasteiger partial charge in [0.05, 0.1) is 12.6 Å². The molecule has 0 aliphatic carbocycles. The molecular formula is C18H22N2O. The second-order valence-corrected chi connectivity index (χ2v) is 5.68. The third kappa shape index (κ3) is 2.49. The maximum absolute atomic E-state index is 5.57. The molecule has 0 atom stereocenters. The van der Waals surface area contributed by atoms with Crippen molar-refractivity contribution in [3.05, 3.63) is 42.5 Å². The Balaban J connectivity index is 2.16. The summed E-state index contributed by atoms with van der Waals surface area (Å²) in [6, 6.07) is 14.9. The lowest BCUT2D eigenvalue weighted by Crippen LogP contribution is -2.15. The molecule has 0 saturated carbocycles. The van der Waals surface area contributed by atoms with E-state index in [2.05, 4.69) is 60.0 Å². The van der Waals surface area contributed by atoms with E-state index in [1.54, 1.807) is 7.11 Å². The quantitative estimate of drug-likeness (QED) is 0.709. The molecule has 3 nitrogen and oxygen atoms in total. The molecule has 3 rings (SSSR count). The van der Waals surface area contributed by atoms with Crippen molar-refractivity contribution in [1.82, 2.24) is 9.47 Å². The highest BCUT2D eigenvalue weighted by atomic mass is 16.5. The van der Waals surface area contributed by atoms with E-state index in [0.717, 1.165) is 25.3 Å². The van der Waals surface area contributed by atoms with Crippen molar-refractivity contribution in [3.63, 3.8) is 0 Å². The third-order valence-electron chi connectivity index (χ3n) is 3.97. The van der Waals surface area contributed by atoms with E-state index >= 15 is 0 Å². The Morgan fingerprint density at radius 2 is 1.76 bits per heavy atom. The highest BCUT2D eigenvalue weighted by Crippen LogP contribution is 2.35. The van der Waals surface area contributed by atoms with Crippen LogP contribution in [0.2, 0.25) is 0 Å². The first-order valence-electron chi connectivity index (χ1n) is 7.41. The van der Waals surface area contributed by atoms with E-state index in [-0.39, 0.29) is 0 Å². The van der Waals surface area contributed by atoms with E-state index in [1.165, 1.54) is 21.8 Å².